The van der Waals surface area contributed by atoms with E-state index in [0.717, 1.165) is 16.9 Å². The second kappa shape index (κ2) is 4.15. The topological polar surface area (TPSA) is 49.8 Å². The zero-order valence-corrected chi connectivity index (χ0v) is 12.2. The van der Waals surface area contributed by atoms with Crippen molar-refractivity contribution in [3.63, 3.8) is 0 Å². The Morgan fingerprint density at radius 1 is 1.42 bits per heavy atom. The number of fused-ring (bicyclic) bond motifs is 1. The number of nitrogens with zero attached hydrogens (tertiary/aromatic N) is 1. The van der Waals surface area contributed by atoms with Crippen molar-refractivity contribution >= 4 is 6.09 Å². The Labute approximate surface area is 114 Å². The van der Waals surface area contributed by atoms with Crippen molar-refractivity contribution in [1.82, 2.24) is 4.90 Å². The first-order chi connectivity index (χ1) is 8.71. The van der Waals surface area contributed by atoms with E-state index in [1.807, 2.05) is 25.1 Å². The van der Waals surface area contributed by atoms with Crippen LogP contribution in [0.25, 0.3) is 0 Å². The SMILES string of the molecule is COc1ccc2c(c1)CN(C(=O)O)C2(C)C(C)(C)C. The molecule has 104 valence electrons. The molecule has 0 spiro atoms. The molecule has 1 aliphatic heterocycles. The average Bonchev–Trinajstić information content (AvgIpc) is 2.63. The van der Waals surface area contributed by atoms with Gasteiger partial charge in [-0.3, -0.25) is 4.90 Å². The van der Waals surface area contributed by atoms with Crippen molar-refractivity contribution in [2.75, 3.05) is 7.11 Å². The molecule has 4 nitrogen and oxygen atoms in total. The molecular formula is C15H21NO3. The van der Waals surface area contributed by atoms with E-state index in [4.69, 9.17) is 4.74 Å². The Bertz CT molecular complexity index is 519. The van der Waals surface area contributed by atoms with E-state index in [1.54, 1.807) is 7.11 Å². The predicted octanol–water partition coefficient (Wildman–Crippen LogP) is 3.45. The third kappa shape index (κ3) is 1.86. The maximum Gasteiger partial charge on any atom is 0.408 e. The molecule has 1 N–H and O–H groups in total. The van der Waals surface area contributed by atoms with Crippen LogP contribution in [0.5, 0.6) is 5.75 Å². The van der Waals surface area contributed by atoms with Crippen molar-refractivity contribution in [2.24, 2.45) is 5.41 Å². The molecule has 0 saturated heterocycles. The Kier molecular flexibility index (Phi) is 3.00. The van der Waals surface area contributed by atoms with Gasteiger partial charge in [0.05, 0.1) is 19.2 Å². The molecule has 1 aromatic carbocycles. The van der Waals surface area contributed by atoms with Gasteiger partial charge in [0.1, 0.15) is 5.75 Å². The van der Waals surface area contributed by atoms with Crippen LogP contribution >= 0.6 is 0 Å². The number of carboxylic acid groups (broad SMARTS) is 1. The zero-order valence-electron chi connectivity index (χ0n) is 12.2. The fraction of sp³-hybridized carbons (Fsp3) is 0.533. The number of hydrogen-bond acceptors (Lipinski definition) is 2. The van der Waals surface area contributed by atoms with Crippen molar-refractivity contribution in [3.05, 3.63) is 29.3 Å². The first-order valence-electron chi connectivity index (χ1n) is 6.40. The Morgan fingerprint density at radius 2 is 2.05 bits per heavy atom. The lowest BCUT2D eigenvalue weighted by atomic mass is 9.70. The number of amides is 1. The number of rotatable bonds is 1. The molecule has 1 aromatic rings. The van der Waals surface area contributed by atoms with Gasteiger partial charge in [-0.25, -0.2) is 4.79 Å². The molecule has 4 heteroatoms. The zero-order chi connectivity index (χ0) is 14.4. The number of hydrogen-bond donors (Lipinski definition) is 1. The van der Waals surface area contributed by atoms with E-state index in [9.17, 15) is 9.90 Å². The van der Waals surface area contributed by atoms with E-state index in [0.29, 0.717) is 6.54 Å². The van der Waals surface area contributed by atoms with E-state index >= 15 is 0 Å². The van der Waals surface area contributed by atoms with Gasteiger partial charge in [0, 0.05) is 0 Å². The van der Waals surface area contributed by atoms with Crippen molar-refractivity contribution in [2.45, 2.75) is 39.8 Å². The monoisotopic (exact) mass is 263 g/mol. The van der Waals surface area contributed by atoms with Crippen LogP contribution in [0.4, 0.5) is 4.79 Å². The highest BCUT2D eigenvalue weighted by molar-refractivity contribution is 5.69. The van der Waals surface area contributed by atoms with Crippen molar-refractivity contribution in [1.29, 1.82) is 0 Å². The second-order valence-corrected chi connectivity index (χ2v) is 6.21. The molecule has 0 aliphatic carbocycles. The standard InChI is InChI=1S/C15H21NO3/c1-14(2,3)15(4)12-7-6-11(19-5)8-10(12)9-16(15)13(17)18/h6-8H,9H2,1-5H3,(H,17,18). The molecule has 0 saturated carbocycles. The summed E-state index contributed by atoms with van der Waals surface area (Å²) in [5.74, 6) is 0.766. The van der Waals surface area contributed by atoms with Gasteiger partial charge in [-0.15, -0.1) is 0 Å². The number of benzene rings is 1. The van der Waals surface area contributed by atoms with Gasteiger partial charge in [-0.05, 0) is 35.6 Å². The highest BCUT2D eigenvalue weighted by Gasteiger charge is 2.51. The van der Waals surface area contributed by atoms with Crippen LogP contribution < -0.4 is 4.74 Å². The summed E-state index contributed by atoms with van der Waals surface area (Å²) in [4.78, 5) is 13.1. The summed E-state index contributed by atoms with van der Waals surface area (Å²) in [5, 5.41) is 9.51. The highest BCUT2D eigenvalue weighted by Crippen LogP contribution is 2.50. The minimum Gasteiger partial charge on any atom is -0.497 e. The summed E-state index contributed by atoms with van der Waals surface area (Å²) in [6, 6.07) is 5.82. The molecule has 0 bridgehead atoms. The lowest BCUT2D eigenvalue weighted by Crippen LogP contribution is -2.50. The highest BCUT2D eigenvalue weighted by atomic mass is 16.5. The molecule has 0 fully saturated rings. The van der Waals surface area contributed by atoms with Crippen LogP contribution in [0, 0.1) is 5.41 Å². The van der Waals surface area contributed by atoms with Gasteiger partial charge >= 0.3 is 6.09 Å². The van der Waals surface area contributed by atoms with Crippen LogP contribution in [-0.2, 0) is 12.1 Å². The van der Waals surface area contributed by atoms with E-state index in [2.05, 4.69) is 20.8 Å². The van der Waals surface area contributed by atoms with E-state index in [-0.39, 0.29) is 5.41 Å². The van der Waals surface area contributed by atoms with Crippen LogP contribution in [0.1, 0.15) is 38.8 Å². The van der Waals surface area contributed by atoms with Gasteiger partial charge in [0.2, 0.25) is 0 Å². The molecule has 1 aliphatic rings. The van der Waals surface area contributed by atoms with Gasteiger partial charge in [-0.1, -0.05) is 26.8 Å². The summed E-state index contributed by atoms with van der Waals surface area (Å²) in [6.07, 6.45) is -0.882. The summed E-state index contributed by atoms with van der Waals surface area (Å²) in [6.45, 7) is 8.63. The third-order valence-corrected chi connectivity index (χ3v) is 4.40. The summed E-state index contributed by atoms with van der Waals surface area (Å²) >= 11 is 0. The average molecular weight is 263 g/mol. The first kappa shape index (κ1) is 13.7. The Hall–Kier alpha value is -1.71. The maximum absolute atomic E-state index is 11.6. The van der Waals surface area contributed by atoms with Crippen LogP contribution in [0.3, 0.4) is 0 Å². The fourth-order valence-corrected chi connectivity index (χ4v) is 2.84. The van der Waals surface area contributed by atoms with Gasteiger partial charge in [0.25, 0.3) is 0 Å². The van der Waals surface area contributed by atoms with Gasteiger partial charge < -0.3 is 9.84 Å². The number of carbonyl (C=O) groups is 1. The van der Waals surface area contributed by atoms with Crippen LogP contribution in [0.2, 0.25) is 0 Å². The third-order valence-electron chi connectivity index (χ3n) is 4.40. The molecule has 0 radical (unpaired) electrons. The summed E-state index contributed by atoms with van der Waals surface area (Å²) in [7, 11) is 1.62. The number of ether oxygens (including phenoxy) is 1. The van der Waals surface area contributed by atoms with Gasteiger partial charge in [-0.2, -0.15) is 0 Å². The van der Waals surface area contributed by atoms with Crippen LogP contribution in [-0.4, -0.2) is 23.2 Å². The molecule has 1 amide bonds. The maximum atomic E-state index is 11.6. The minimum absolute atomic E-state index is 0.189. The first-order valence-corrected chi connectivity index (χ1v) is 6.40. The molecule has 1 unspecified atom stereocenters. The molecule has 19 heavy (non-hydrogen) atoms. The second-order valence-electron chi connectivity index (χ2n) is 6.21. The molecule has 1 atom stereocenters. The Balaban J connectivity index is 2.61. The van der Waals surface area contributed by atoms with Crippen LogP contribution in [0.15, 0.2) is 18.2 Å². The summed E-state index contributed by atoms with van der Waals surface area (Å²) in [5.41, 5.74) is 1.38. The van der Waals surface area contributed by atoms with Crippen molar-refractivity contribution in [3.8, 4) is 5.75 Å². The largest absolute Gasteiger partial charge is 0.497 e. The fourth-order valence-electron chi connectivity index (χ4n) is 2.84. The van der Waals surface area contributed by atoms with Crippen molar-refractivity contribution < 1.29 is 14.6 Å². The van der Waals surface area contributed by atoms with E-state index < -0.39 is 11.6 Å². The smallest absolute Gasteiger partial charge is 0.408 e. The number of methoxy groups -OCH3 is 1. The summed E-state index contributed by atoms with van der Waals surface area (Å²) < 4.78 is 5.22. The predicted molar refractivity (Wildman–Crippen MR) is 73.4 cm³/mol. The molecule has 0 aromatic heterocycles. The lowest BCUT2D eigenvalue weighted by Gasteiger charge is -2.45. The van der Waals surface area contributed by atoms with Gasteiger partial charge in [0.15, 0.2) is 0 Å². The molecule has 2 rings (SSSR count). The Morgan fingerprint density at radius 3 is 2.53 bits per heavy atom. The normalized spacial score (nSPS) is 22.3. The molecule has 1 heterocycles. The minimum atomic E-state index is -0.882. The van der Waals surface area contributed by atoms with E-state index in [1.165, 1.54) is 4.90 Å². The molecular weight excluding hydrogens is 242 g/mol. The quantitative estimate of drug-likeness (QED) is 0.844. The lowest BCUT2D eigenvalue weighted by molar-refractivity contribution is 0.0220.